The number of benzene rings is 1. The van der Waals surface area contributed by atoms with E-state index in [1.807, 2.05) is 31.2 Å². The average molecular weight is 349 g/mol. The minimum absolute atomic E-state index is 0. The highest BCUT2D eigenvalue weighted by Crippen LogP contribution is 2.30. The number of hydrogen-bond acceptors (Lipinski definition) is 3. The zero-order valence-electron chi connectivity index (χ0n) is 12.3. The van der Waals surface area contributed by atoms with Crippen molar-refractivity contribution in [3.05, 3.63) is 29.3 Å². The Bertz CT molecular complexity index is 473. The first kappa shape index (κ1) is 18.6. The molecule has 3 unspecified atom stereocenters. The fourth-order valence-corrected chi connectivity index (χ4v) is 3.53. The zero-order chi connectivity index (χ0) is 14.5. The number of rotatable bonds is 4. The van der Waals surface area contributed by atoms with Crippen LogP contribution in [0.5, 0.6) is 0 Å². The van der Waals surface area contributed by atoms with Crippen LogP contribution in [0.25, 0.3) is 0 Å². The molecule has 0 radical (unpaired) electrons. The molecule has 0 aromatic heterocycles. The highest BCUT2D eigenvalue weighted by atomic mass is 35.5. The molecule has 3 nitrogen and oxygen atoms in total. The molecule has 0 bridgehead atoms. The Labute approximate surface area is 142 Å². The molecular formula is C15H22Cl2N2OS. The van der Waals surface area contributed by atoms with Crippen molar-refractivity contribution in [3.63, 3.8) is 0 Å². The van der Waals surface area contributed by atoms with Gasteiger partial charge >= 0.3 is 0 Å². The van der Waals surface area contributed by atoms with Crippen LogP contribution >= 0.6 is 35.8 Å². The second-order valence-corrected chi connectivity index (χ2v) is 7.07. The first-order valence-corrected chi connectivity index (χ1v) is 8.27. The van der Waals surface area contributed by atoms with Gasteiger partial charge < -0.3 is 10.6 Å². The predicted octanol–water partition coefficient (Wildman–Crippen LogP) is 3.50. The Morgan fingerprint density at radius 1 is 1.48 bits per heavy atom. The Kier molecular flexibility index (Phi) is 7.88. The van der Waals surface area contributed by atoms with Gasteiger partial charge in [-0.2, -0.15) is 0 Å². The van der Waals surface area contributed by atoms with Gasteiger partial charge in [0.05, 0.1) is 10.3 Å². The number of thioether (sulfide) groups is 1. The van der Waals surface area contributed by atoms with Gasteiger partial charge in [-0.3, -0.25) is 4.79 Å². The number of amides is 1. The van der Waals surface area contributed by atoms with E-state index in [0.717, 1.165) is 24.3 Å². The first-order chi connectivity index (χ1) is 9.56. The Morgan fingerprint density at radius 3 is 2.86 bits per heavy atom. The highest BCUT2D eigenvalue weighted by molar-refractivity contribution is 8.00. The molecule has 3 atom stereocenters. The minimum atomic E-state index is -0.139. The summed E-state index contributed by atoms with van der Waals surface area (Å²) in [5.74, 6) is 0.0917. The van der Waals surface area contributed by atoms with Gasteiger partial charge in [-0.05, 0) is 45.4 Å². The van der Waals surface area contributed by atoms with Crippen molar-refractivity contribution in [2.24, 2.45) is 0 Å². The first-order valence-electron chi connectivity index (χ1n) is 7.01. The van der Waals surface area contributed by atoms with Crippen LogP contribution in [-0.2, 0) is 4.79 Å². The molecule has 2 rings (SSSR count). The fraction of sp³-hybridized carbons (Fsp3) is 0.533. The second kappa shape index (κ2) is 8.89. The Hall–Kier alpha value is -0.420. The lowest BCUT2D eigenvalue weighted by Gasteiger charge is -2.29. The molecule has 1 aliphatic rings. The van der Waals surface area contributed by atoms with Gasteiger partial charge in [-0.25, -0.2) is 0 Å². The van der Waals surface area contributed by atoms with Crippen LogP contribution in [0.4, 0.5) is 0 Å². The third-order valence-electron chi connectivity index (χ3n) is 3.48. The number of piperidine rings is 1. The Morgan fingerprint density at radius 2 is 2.19 bits per heavy atom. The monoisotopic (exact) mass is 348 g/mol. The summed E-state index contributed by atoms with van der Waals surface area (Å²) in [5.41, 5.74) is 0. The quantitative estimate of drug-likeness (QED) is 0.818. The van der Waals surface area contributed by atoms with Gasteiger partial charge in [0.25, 0.3) is 0 Å². The van der Waals surface area contributed by atoms with Crippen LogP contribution < -0.4 is 10.6 Å². The molecule has 21 heavy (non-hydrogen) atoms. The van der Waals surface area contributed by atoms with E-state index in [0.29, 0.717) is 11.1 Å². The summed E-state index contributed by atoms with van der Waals surface area (Å²) < 4.78 is 0. The van der Waals surface area contributed by atoms with Crippen LogP contribution in [0, 0.1) is 0 Å². The Balaban J connectivity index is 0.00000220. The average Bonchev–Trinajstić information content (AvgIpc) is 2.41. The molecule has 1 fully saturated rings. The molecule has 1 aliphatic heterocycles. The van der Waals surface area contributed by atoms with E-state index in [9.17, 15) is 4.79 Å². The number of carbonyl (C=O) groups excluding carboxylic acids is 1. The van der Waals surface area contributed by atoms with E-state index in [-0.39, 0.29) is 29.6 Å². The van der Waals surface area contributed by atoms with Crippen LogP contribution in [0.15, 0.2) is 29.2 Å². The predicted molar refractivity (Wildman–Crippen MR) is 92.6 cm³/mol. The van der Waals surface area contributed by atoms with Gasteiger partial charge in [0.2, 0.25) is 5.91 Å². The molecule has 6 heteroatoms. The van der Waals surface area contributed by atoms with Crippen molar-refractivity contribution in [3.8, 4) is 0 Å². The third-order valence-corrected chi connectivity index (χ3v) is 5.10. The minimum Gasteiger partial charge on any atom is -0.352 e. The van der Waals surface area contributed by atoms with Gasteiger partial charge in [-0.15, -0.1) is 24.2 Å². The topological polar surface area (TPSA) is 41.1 Å². The highest BCUT2D eigenvalue weighted by Gasteiger charge is 2.23. The molecule has 0 spiro atoms. The fourth-order valence-electron chi connectivity index (χ4n) is 2.37. The van der Waals surface area contributed by atoms with Crippen molar-refractivity contribution in [2.45, 2.75) is 48.9 Å². The second-order valence-electron chi connectivity index (χ2n) is 5.28. The molecule has 1 amide bonds. The van der Waals surface area contributed by atoms with Gasteiger partial charge in [-0.1, -0.05) is 23.7 Å². The summed E-state index contributed by atoms with van der Waals surface area (Å²) in [6, 6.07) is 8.39. The van der Waals surface area contributed by atoms with E-state index >= 15 is 0 Å². The SMILES string of the molecule is CC1CC(NC(=O)C(C)Sc2ccccc2Cl)CCN1.Cl. The van der Waals surface area contributed by atoms with E-state index in [4.69, 9.17) is 11.6 Å². The molecular weight excluding hydrogens is 327 g/mol. The maximum absolute atomic E-state index is 12.2. The smallest absolute Gasteiger partial charge is 0.233 e. The summed E-state index contributed by atoms with van der Waals surface area (Å²) >= 11 is 7.63. The van der Waals surface area contributed by atoms with Crippen molar-refractivity contribution in [2.75, 3.05) is 6.54 Å². The molecule has 2 N–H and O–H groups in total. The summed E-state index contributed by atoms with van der Waals surface area (Å²) in [6.45, 7) is 5.05. The van der Waals surface area contributed by atoms with Gasteiger partial charge in [0.15, 0.2) is 0 Å². The third kappa shape index (κ3) is 5.70. The summed E-state index contributed by atoms with van der Waals surface area (Å²) in [7, 11) is 0. The maximum Gasteiger partial charge on any atom is 0.233 e. The van der Waals surface area contributed by atoms with Crippen molar-refractivity contribution in [1.29, 1.82) is 0 Å². The van der Waals surface area contributed by atoms with Crippen molar-refractivity contribution >= 4 is 41.7 Å². The molecule has 0 saturated carbocycles. The number of nitrogens with one attached hydrogen (secondary N) is 2. The number of hydrogen-bond donors (Lipinski definition) is 2. The van der Waals surface area contributed by atoms with Gasteiger partial charge in [0, 0.05) is 17.0 Å². The number of halogens is 2. The van der Waals surface area contributed by atoms with E-state index in [1.54, 1.807) is 0 Å². The molecule has 118 valence electrons. The molecule has 0 aliphatic carbocycles. The molecule has 1 aromatic carbocycles. The molecule has 1 heterocycles. The maximum atomic E-state index is 12.2. The zero-order valence-corrected chi connectivity index (χ0v) is 14.7. The van der Waals surface area contributed by atoms with E-state index in [2.05, 4.69) is 17.6 Å². The molecule has 1 saturated heterocycles. The lowest BCUT2D eigenvalue weighted by Crippen LogP contribution is -2.48. The number of carbonyl (C=O) groups is 1. The lowest BCUT2D eigenvalue weighted by molar-refractivity contribution is -0.121. The normalized spacial score (nSPS) is 23.0. The summed E-state index contributed by atoms with van der Waals surface area (Å²) in [4.78, 5) is 13.2. The van der Waals surface area contributed by atoms with Crippen molar-refractivity contribution < 1.29 is 4.79 Å². The van der Waals surface area contributed by atoms with Crippen LogP contribution in [-0.4, -0.2) is 29.8 Å². The van der Waals surface area contributed by atoms with Crippen molar-refractivity contribution in [1.82, 2.24) is 10.6 Å². The largest absolute Gasteiger partial charge is 0.352 e. The van der Waals surface area contributed by atoms with E-state index in [1.165, 1.54) is 11.8 Å². The standard InChI is InChI=1S/C15H21ClN2OS.ClH/c1-10-9-12(7-8-17-10)18-15(19)11(2)20-14-6-4-3-5-13(14)16;/h3-6,10-12,17H,7-9H2,1-2H3,(H,18,19);1H. The van der Waals surface area contributed by atoms with Crippen LogP contribution in [0.2, 0.25) is 5.02 Å². The van der Waals surface area contributed by atoms with E-state index < -0.39 is 0 Å². The summed E-state index contributed by atoms with van der Waals surface area (Å²) in [5, 5.41) is 7.10. The molecule has 1 aromatic rings. The summed E-state index contributed by atoms with van der Waals surface area (Å²) in [6.07, 6.45) is 1.99. The van der Waals surface area contributed by atoms with Gasteiger partial charge in [0.1, 0.15) is 0 Å². The lowest BCUT2D eigenvalue weighted by atomic mass is 10.0. The van der Waals surface area contributed by atoms with Crippen LogP contribution in [0.1, 0.15) is 26.7 Å². The van der Waals surface area contributed by atoms with Crippen LogP contribution in [0.3, 0.4) is 0 Å².